The number of fused-ring (bicyclic) bond motifs is 1. The lowest BCUT2D eigenvalue weighted by atomic mass is 9.93. The monoisotopic (exact) mass is 346 g/mol. The summed E-state index contributed by atoms with van der Waals surface area (Å²) in [6.07, 6.45) is 6.17. The van der Waals surface area contributed by atoms with Crippen molar-refractivity contribution in [3.8, 4) is 0 Å². The molecule has 1 fully saturated rings. The van der Waals surface area contributed by atoms with E-state index in [4.69, 9.17) is 0 Å². The molecule has 0 bridgehead atoms. The summed E-state index contributed by atoms with van der Waals surface area (Å²) in [7, 11) is 0. The first-order chi connectivity index (χ1) is 12.0. The SMILES string of the molecule is OC1(Cn2ccnn2)CCCN(c2cnc3cc(F)c(F)cc3n2)C1. The van der Waals surface area contributed by atoms with Gasteiger partial charge in [0.1, 0.15) is 11.4 Å². The van der Waals surface area contributed by atoms with Crippen LogP contribution in [-0.2, 0) is 6.54 Å². The van der Waals surface area contributed by atoms with E-state index in [9.17, 15) is 13.9 Å². The maximum absolute atomic E-state index is 13.4. The van der Waals surface area contributed by atoms with E-state index in [0.29, 0.717) is 31.9 Å². The normalized spacial score (nSPS) is 21.0. The molecule has 3 aromatic rings. The highest BCUT2D eigenvalue weighted by molar-refractivity contribution is 5.75. The first-order valence-electron chi connectivity index (χ1n) is 7.96. The molecule has 3 heterocycles. The standard InChI is InChI=1S/C16H16F2N6O/c17-11-6-13-14(7-12(11)18)21-15(8-19-13)23-4-1-2-16(25,9-23)10-24-5-3-20-22-24/h3,5-8,25H,1-2,4,9-10H2. The Morgan fingerprint density at radius 2 is 2.00 bits per heavy atom. The van der Waals surface area contributed by atoms with Crippen molar-refractivity contribution in [3.63, 3.8) is 0 Å². The van der Waals surface area contributed by atoms with Crippen LogP contribution in [0.1, 0.15) is 12.8 Å². The van der Waals surface area contributed by atoms with E-state index in [0.717, 1.165) is 18.6 Å². The summed E-state index contributed by atoms with van der Waals surface area (Å²) in [4.78, 5) is 10.4. The van der Waals surface area contributed by atoms with Gasteiger partial charge in [-0.25, -0.2) is 18.4 Å². The Hall–Kier alpha value is -2.68. The molecule has 0 spiro atoms. The van der Waals surface area contributed by atoms with Gasteiger partial charge in [0.2, 0.25) is 0 Å². The maximum Gasteiger partial charge on any atom is 0.161 e. The van der Waals surface area contributed by atoms with E-state index in [1.807, 2.05) is 4.90 Å². The summed E-state index contributed by atoms with van der Waals surface area (Å²) in [5.74, 6) is -1.38. The number of rotatable bonds is 3. The first-order valence-corrected chi connectivity index (χ1v) is 7.96. The number of halogens is 2. The van der Waals surface area contributed by atoms with E-state index >= 15 is 0 Å². The molecule has 0 amide bonds. The van der Waals surface area contributed by atoms with Gasteiger partial charge in [-0.05, 0) is 12.8 Å². The number of hydrogen-bond donors (Lipinski definition) is 1. The van der Waals surface area contributed by atoms with Crippen LogP contribution in [0.15, 0.2) is 30.7 Å². The van der Waals surface area contributed by atoms with E-state index in [1.54, 1.807) is 17.1 Å². The second kappa shape index (κ2) is 5.99. The fourth-order valence-corrected chi connectivity index (χ4v) is 3.21. The summed E-state index contributed by atoms with van der Waals surface area (Å²) in [6, 6.07) is 2.06. The Labute approximate surface area is 141 Å². The molecule has 1 atom stereocenters. The number of nitrogens with zero attached hydrogens (tertiary/aromatic N) is 6. The summed E-state index contributed by atoms with van der Waals surface area (Å²) in [5.41, 5.74) is -0.407. The van der Waals surface area contributed by atoms with E-state index < -0.39 is 17.2 Å². The highest BCUT2D eigenvalue weighted by atomic mass is 19.2. The molecule has 0 radical (unpaired) electrons. The molecule has 25 heavy (non-hydrogen) atoms. The van der Waals surface area contributed by atoms with E-state index in [1.165, 1.54) is 6.20 Å². The topological polar surface area (TPSA) is 80.0 Å². The third kappa shape index (κ3) is 3.14. The zero-order chi connectivity index (χ0) is 17.4. The van der Waals surface area contributed by atoms with Crippen molar-refractivity contribution in [1.29, 1.82) is 0 Å². The van der Waals surface area contributed by atoms with Gasteiger partial charge in [-0.3, -0.25) is 4.98 Å². The average Bonchev–Trinajstić information content (AvgIpc) is 3.08. The van der Waals surface area contributed by atoms with Gasteiger partial charge >= 0.3 is 0 Å². The Morgan fingerprint density at radius 3 is 2.76 bits per heavy atom. The van der Waals surface area contributed by atoms with Crippen LogP contribution >= 0.6 is 0 Å². The summed E-state index contributed by atoms with van der Waals surface area (Å²) >= 11 is 0. The highest BCUT2D eigenvalue weighted by Gasteiger charge is 2.34. The maximum atomic E-state index is 13.4. The van der Waals surface area contributed by atoms with Crippen molar-refractivity contribution in [3.05, 3.63) is 42.4 Å². The van der Waals surface area contributed by atoms with Crippen LogP contribution in [0.3, 0.4) is 0 Å². The first kappa shape index (κ1) is 15.8. The molecule has 1 N–H and O–H groups in total. The zero-order valence-corrected chi connectivity index (χ0v) is 13.3. The molecule has 130 valence electrons. The third-order valence-corrected chi connectivity index (χ3v) is 4.38. The Balaban J connectivity index is 1.60. The van der Waals surface area contributed by atoms with E-state index in [-0.39, 0.29) is 11.0 Å². The summed E-state index contributed by atoms with van der Waals surface area (Å²) < 4.78 is 28.3. The summed E-state index contributed by atoms with van der Waals surface area (Å²) in [6.45, 7) is 1.37. The molecule has 0 aliphatic carbocycles. The van der Waals surface area contributed by atoms with Gasteiger partial charge < -0.3 is 10.0 Å². The van der Waals surface area contributed by atoms with Crippen LogP contribution in [0.5, 0.6) is 0 Å². The van der Waals surface area contributed by atoms with Crippen molar-refractivity contribution in [1.82, 2.24) is 25.0 Å². The van der Waals surface area contributed by atoms with Gasteiger partial charge in [0.15, 0.2) is 11.6 Å². The molecule has 9 heteroatoms. The molecule has 1 saturated heterocycles. The molecular formula is C16H16F2N6O. The molecule has 2 aromatic heterocycles. The smallest absolute Gasteiger partial charge is 0.161 e. The van der Waals surface area contributed by atoms with Crippen LogP contribution in [0, 0.1) is 11.6 Å². The van der Waals surface area contributed by atoms with Crippen molar-refractivity contribution in [2.24, 2.45) is 0 Å². The quantitative estimate of drug-likeness (QED) is 0.775. The van der Waals surface area contributed by atoms with Crippen LogP contribution in [0.2, 0.25) is 0 Å². The molecule has 4 rings (SSSR count). The minimum absolute atomic E-state index is 0.279. The van der Waals surface area contributed by atoms with Crippen LogP contribution < -0.4 is 4.90 Å². The van der Waals surface area contributed by atoms with E-state index in [2.05, 4.69) is 20.3 Å². The van der Waals surface area contributed by atoms with Crippen molar-refractivity contribution < 1.29 is 13.9 Å². The lowest BCUT2D eigenvalue weighted by Gasteiger charge is -2.39. The number of aliphatic hydroxyl groups is 1. The van der Waals surface area contributed by atoms with Crippen LogP contribution in [0.25, 0.3) is 11.0 Å². The molecule has 0 saturated carbocycles. The molecular weight excluding hydrogens is 330 g/mol. The van der Waals surface area contributed by atoms with Crippen molar-refractivity contribution >= 4 is 16.9 Å². The predicted molar refractivity (Wildman–Crippen MR) is 85.9 cm³/mol. The minimum atomic E-state index is -0.976. The lowest BCUT2D eigenvalue weighted by molar-refractivity contribution is 0.00585. The number of benzene rings is 1. The number of aromatic nitrogens is 5. The third-order valence-electron chi connectivity index (χ3n) is 4.38. The number of hydrogen-bond acceptors (Lipinski definition) is 6. The van der Waals surface area contributed by atoms with Gasteiger partial charge in [0.05, 0.1) is 30.0 Å². The molecule has 1 unspecified atom stereocenters. The van der Waals surface area contributed by atoms with Crippen LogP contribution in [-0.4, -0.2) is 48.8 Å². The van der Waals surface area contributed by atoms with Gasteiger partial charge in [0.25, 0.3) is 0 Å². The molecule has 1 aliphatic rings. The molecule has 1 aromatic carbocycles. The Kier molecular flexibility index (Phi) is 3.79. The number of β-amino-alcohol motifs (C(OH)–C–C–N with tert-alkyl or cyclic N) is 1. The summed E-state index contributed by atoms with van der Waals surface area (Å²) in [5, 5.41) is 18.5. The van der Waals surface area contributed by atoms with Crippen molar-refractivity contribution in [2.75, 3.05) is 18.0 Å². The fraction of sp³-hybridized carbons (Fsp3) is 0.375. The Bertz CT molecular complexity index is 903. The minimum Gasteiger partial charge on any atom is -0.386 e. The zero-order valence-electron chi connectivity index (χ0n) is 13.3. The Morgan fingerprint density at radius 1 is 1.20 bits per heavy atom. The second-order valence-electron chi connectivity index (χ2n) is 6.33. The number of anilines is 1. The lowest BCUT2D eigenvalue weighted by Crippen LogP contribution is -2.51. The van der Waals surface area contributed by atoms with Gasteiger partial charge in [-0.1, -0.05) is 5.21 Å². The second-order valence-corrected chi connectivity index (χ2v) is 6.33. The molecule has 7 nitrogen and oxygen atoms in total. The predicted octanol–water partition coefficient (Wildman–Crippen LogP) is 1.53. The van der Waals surface area contributed by atoms with Crippen LogP contribution in [0.4, 0.5) is 14.6 Å². The average molecular weight is 346 g/mol. The van der Waals surface area contributed by atoms with Crippen molar-refractivity contribution in [2.45, 2.75) is 25.0 Å². The highest BCUT2D eigenvalue weighted by Crippen LogP contribution is 2.27. The fourth-order valence-electron chi connectivity index (χ4n) is 3.21. The molecule has 1 aliphatic heterocycles. The van der Waals surface area contributed by atoms with Gasteiger partial charge in [-0.15, -0.1) is 5.10 Å². The van der Waals surface area contributed by atoms with Gasteiger partial charge in [0, 0.05) is 31.4 Å². The number of piperidine rings is 1. The van der Waals surface area contributed by atoms with Gasteiger partial charge in [-0.2, -0.15) is 0 Å². The largest absolute Gasteiger partial charge is 0.386 e.